The van der Waals surface area contributed by atoms with E-state index in [0.717, 1.165) is 46.2 Å². The Labute approximate surface area is 133 Å². The highest BCUT2D eigenvalue weighted by Gasteiger charge is 2.17. The molecule has 0 atom stereocenters. The second-order valence-corrected chi connectivity index (χ2v) is 6.05. The standard InChI is InChI=1S/C20H26O2/c1-7-15-11(3)13(5)17(9-19(15)21)18-10-20(22)16(8-2)12(4)14(18)6/h9-10,21-22H,7-8H2,1-6H3. The Morgan fingerprint density at radius 3 is 1.23 bits per heavy atom. The number of hydrogen-bond acceptors (Lipinski definition) is 2. The summed E-state index contributed by atoms with van der Waals surface area (Å²) in [6.45, 7) is 12.4. The van der Waals surface area contributed by atoms with Gasteiger partial charge in [0.2, 0.25) is 0 Å². The Morgan fingerprint density at radius 1 is 0.636 bits per heavy atom. The van der Waals surface area contributed by atoms with Crippen LogP contribution < -0.4 is 0 Å². The molecule has 2 heteroatoms. The van der Waals surface area contributed by atoms with Crippen molar-refractivity contribution in [1.82, 2.24) is 0 Å². The van der Waals surface area contributed by atoms with E-state index in [-0.39, 0.29) is 0 Å². The topological polar surface area (TPSA) is 40.5 Å². The van der Waals surface area contributed by atoms with Gasteiger partial charge in [0.05, 0.1) is 0 Å². The SMILES string of the molecule is CCc1c(O)cc(-c2cc(O)c(CC)c(C)c2C)c(C)c1C. The highest BCUT2D eigenvalue weighted by Crippen LogP contribution is 2.39. The second-order valence-electron chi connectivity index (χ2n) is 6.05. The first kappa shape index (κ1) is 16.4. The van der Waals surface area contributed by atoms with Gasteiger partial charge in [0, 0.05) is 0 Å². The molecule has 0 bridgehead atoms. The summed E-state index contributed by atoms with van der Waals surface area (Å²) in [6.07, 6.45) is 1.63. The number of phenols is 2. The second kappa shape index (κ2) is 6.04. The largest absolute Gasteiger partial charge is 0.508 e. The van der Waals surface area contributed by atoms with Crippen LogP contribution >= 0.6 is 0 Å². The quantitative estimate of drug-likeness (QED) is 0.825. The molecule has 0 saturated carbocycles. The van der Waals surface area contributed by atoms with Gasteiger partial charge in [-0.1, -0.05) is 13.8 Å². The van der Waals surface area contributed by atoms with Gasteiger partial charge in [-0.2, -0.15) is 0 Å². The van der Waals surface area contributed by atoms with Crippen LogP contribution in [0.1, 0.15) is 47.2 Å². The third-order valence-corrected chi connectivity index (χ3v) is 5.02. The van der Waals surface area contributed by atoms with Crippen LogP contribution in [0.2, 0.25) is 0 Å². The maximum Gasteiger partial charge on any atom is 0.119 e. The average Bonchev–Trinajstić information content (AvgIpc) is 2.48. The van der Waals surface area contributed by atoms with Crippen molar-refractivity contribution >= 4 is 0 Å². The van der Waals surface area contributed by atoms with Gasteiger partial charge < -0.3 is 10.2 Å². The maximum atomic E-state index is 10.3. The van der Waals surface area contributed by atoms with E-state index in [1.165, 1.54) is 11.1 Å². The van der Waals surface area contributed by atoms with E-state index in [4.69, 9.17) is 0 Å². The van der Waals surface area contributed by atoms with E-state index >= 15 is 0 Å². The number of rotatable bonds is 3. The molecule has 118 valence electrons. The minimum absolute atomic E-state index is 0.344. The number of aromatic hydroxyl groups is 2. The molecule has 2 rings (SSSR count). The molecule has 2 aromatic carbocycles. The van der Waals surface area contributed by atoms with Gasteiger partial charge in [0.1, 0.15) is 11.5 Å². The lowest BCUT2D eigenvalue weighted by atomic mass is 9.87. The predicted molar refractivity (Wildman–Crippen MR) is 92.9 cm³/mol. The molecule has 0 heterocycles. The van der Waals surface area contributed by atoms with Crippen LogP contribution in [-0.4, -0.2) is 10.2 Å². The van der Waals surface area contributed by atoms with Crippen molar-refractivity contribution < 1.29 is 10.2 Å². The minimum atomic E-state index is 0.344. The molecule has 0 aromatic heterocycles. The fraction of sp³-hybridized carbons (Fsp3) is 0.400. The average molecular weight is 298 g/mol. The first-order chi connectivity index (χ1) is 10.3. The molecular formula is C20H26O2. The summed E-state index contributed by atoms with van der Waals surface area (Å²) in [6, 6.07) is 3.68. The molecule has 0 radical (unpaired) electrons. The van der Waals surface area contributed by atoms with Crippen molar-refractivity contribution in [3.63, 3.8) is 0 Å². The maximum absolute atomic E-state index is 10.3. The van der Waals surface area contributed by atoms with Crippen molar-refractivity contribution in [2.75, 3.05) is 0 Å². The fourth-order valence-electron chi connectivity index (χ4n) is 3.36. The Balaban J connectivity index is 2.78. The van der Waals surface area contributed by atoms with Crippen LogP contribution in [-0.2, 0) is 12.8 Å². The normalized spacial score (nSPS) is 11.0. The monoisotopic (exact) mass is 298 g/mol. The Morgan fingerprint density at radius 2 is 0.955 bits per heavy atom. The lowest BCUT2D eigenvalue weighted by Crippen LogP contribution is -1.99. The van der Waals surface area contributed by atoms with Gasteiger partial charge in [-0.25, -0.2) is 0 Å². The summed E-state index contributed by atoms with van der Waals surface area (Å²) in [5.74, 6) is 0.688. The van der Waals surface area contributed by atoms with Crippen molar-refractivity contribution in [3.05, 3.63) is 45.5 Å². The molecule has 0 aliphatic heterocycles. The Kier molecular flexibility index (Phi) is 4.50. The zero-order chi connectivity index (χ0) is 16.6. The van der Waals surface area contributed by atoms with Gasteiger partial charge in [0.25, 0.3) is 0 Å². The van der Waals surface area contributed by atoms with E-state index in [1.54, 1.807) is 0 Å². The number of hydrogen-bond donors (Lipinski definition) is 2. The molecule has 0 saturated heterocycles. The highest BCUT2D eigenvalue weighted by molar-refractivity contribution is 5.77. The van der Waals surface area contributed by atoms with E-state index < -0.39 is 0 Å². The fourth-order valence-corrected chi connectivity index (χ4v) is 3.36. The Hall–Kier alpha value is -1.96. The summed E-state index contributed by atoms with van der Waals surface area (Å²) in [4.78, 5) is 0. The van der Waals surface area contributed by atoms with Gasteiger partial charge in [-0.3, -0.25) is 0 Å². The zero-order valence-corrected chi connectivity index (χ0v) is 14.5. The summed E-state index contributed by atoms with van der Waals surface area (Å²) >= 11 is 0. The smallest absolute Gasteiger partial charge is 0.119 e. The number of benzene rings is 2. The summed E-state index contributed by atoms with van der Waals surface area (Å²) < 4.78 is 0. The molecule has 22 heavy (non-hydrogen) atoms. The van der Waals surface area contributed by atoms with Gasteiger partial charge in [-0.05, 0) is 97.2 Å². The number of phenolic OH excluding ortho intramolecular Hbond substituents is 2. The molecule has 0 spiro atoms. The molecule has 0 amide bonds. The van der Waals surface area contributed by atoms with Crippen LogP contribution in [0, 0.1) is 27.7 Å². The lowest BCUT2D eigenvalue weighted by Gasteiger charge is -2.19. The van der Waals surface area contributed by atoms with E-state index in [1.807, 2.05) is 12.1 Å². The first-order valence-corrected chi connectivity index (χ1v) is 7.97. The summed E-state index contributed by atoms with van der Waals surface area (Å²) in [7, 11) is 0. The van der Waals surface area contributed by atoms with Gasteiger partial charge in [0.15, 0.2) is 0 Å². The van der Waals surface area contributed by atoms with Crippen molar-refractivity contribution in [2.45, 2.75) is 54.4 Å². The van der Waals surface area contributed by atoms with Crippen LogP contribution in [0.3, 0.4) is 0 Å². The van der Waals surface area contributed by atoms with Crippen molar-refractivity contribution in [1.29, 1.82) is 0 Å². The van der Waals surface area contributed by atoms with Crippen molar-refractivity contribution in [2.24, 2.45) is 0 Å². The molecule has 0 fully saturated rings. The lowest BCUT2D eigenvalue weighted by molar-refractivity contribution is 0.466. The minimum Gasteiger partial charge on any atom is -0.508 e. The van der Waals surface area contributed by atoms with Gasteiger partial charge in [-0.15, -0.1) is 0 Å². The van der Waals surface area contributed by atoms with E-state index in [2.05, 4.69) is 41.5 Å². The molecule has 2 aromatic rings. The van der Waals surface area contributed by atoms with Crippen LogP contribution in [0.4, 0.5) is 0 Å². The van der Waals surface area contributed by atoms with E-state index in [9.17, 15) is 10.2 Å². The highest BCUT2D eigenvalue weighted by atomic mass is 16.3. The molecule has 2 N–H and O–H groups in total. The third kappa shape index (κ3) is 2.47. The molecule has 2 nitrogen and oxygen atoms in total. The predicted octanol–water partition coefficient (Wildman–Crippen LogP) is 5.12. The zero-order valence-electron chi connectivity index (χ0n) is 14.5. The molecule has 0 aliphatic rings. The first-order valence-electron chi connectivity index (χ1n) is 7.97. The van der Waals surface area contributed by atoms with Crippen LogP contribution in [0.25, 0.3) is 11.1 Å². The van der Waals surface area contributed by atoms with Crippen LogP contribution in [0.15, 0.2) is 12.1 Å². The molecule has 0 aliphatic carbocycles. The molecular weight excluding hydrogens is 272 g/mol. The van der Waals surface area contributed by atoms with Crippen LogP contribution in [0.5, 0.6) is 11.5 Å². The van der Waals surface area contributed by atoms with Crippen molar-refractivity contribution in [3.8, 4) is 22.6 Å². The van der Waals surface area contributed by atoms with E-state index in [0.29, 0.717) is 11.5 Å². The third-order valence-electron chi connectivity index (χ3n) is 5.02. The van der Waals surface area contributed by atoms with Gasteiger partial charge >= 0.3 is 0 Å². The summed E-state index contributed by atoms with van der Waals surface area (Å²) in [5.41, 5.74) is 8.62. The Bertz CT molecular complexity index is 664. The summed E-state index contributed by atoms with van der Waals surface area (Å²) in [5, 5.41) is 20.7. The molecule has 0 unspecified atom stereocenters.